The molecular weight excluding hydrogens is 350 g/mol. The molecule has 0 bridgehead atoms. The van der Waals surface area contributed by atoms with Crippen molar-refractivity contribution in [1.82, 2.24) is 10.2 Å². The molecule has 0 heterocycles. The third kappa shape index (κ3) is 5.46. The van der Waals surface area contributed by atoms with Crippen molar-refractivity contribution in [3.8, 4) is 0 Å². The van der Waals surface area contributed by atoms with Crippen LogP contribution in [-0.4, -0.2) is 29.4 Å². The molecule has 146 valence electrons. The second-order valence-electron chi connectivity index (χ2n) is 7.12. The molecule has 28 heavy (non-hydrogen) atoms. The van der Waals surface area contributed by atoms with Crippen LogP contribution in [-0.2, 0) is 6.54 Å². The molecule has 1 fully saturated rings. The van der Waals surface area contributed by atoms with Crippen molar-refractivity contribution in [3.63, 3.8) is 0 Å². The summed E-state index contributed by atoms with van der Waals surface area (Å²) in [7, 11) is 0. The fourth-order valence-corrected chi connectivity index (χ4v) is 3.43. The highest BCUT2D eigenvalue weighted by Crippen LogP contribution is 2.18. The maximum atomic E-state index is 12.6. The normalized spacial score (nSPS) is 13.7. The van der Waals surface area contributed by atoms with Gasteiger partial charge in [0.25, 0.3) is 5.91 Å². The summed E-state index contributed by atoms with van der Waals surface area (Å²) in [6, 6.07) is 16.9. The van der Waals surface area contributed by atoms with Crippen LogP contribution in [0.2, 0.25) is 0 Å². The minimum atomic E-state index is -0.202. The van der Waals surface area contributed by atoms with Crippen molar-refractivity contribution in [2.75, 3.05) is 11.9 Å². The average Bonchev–Trinajstić information content (AvgIpc) is 3.22. The Morgan fingerprint density at radius 3 is 2.36 bits per heavy atom. The van der Waals surface area contributed by atoms with Crippen LogP contribution in [0.25, 0.3) is 0 Å². The highest BCUT2D eigenvalue weighted by Gasteiger charge is 2.18. The number of urea groups is 1. The monoisotopic (exact) mass is 377 g/mol. The SMILES string of the molecule is C=CCN(Cc1ccccc1)C(=O)Nc1ccc(C(=O)NC2CCCC2)cc1. The van der Waals surface area contributed by atoms with Crippen LogP contribution in [0, 0.1) is 0 Å². The summed E-state index contributed by atoms with van der Waals surface area (Å²) in [4.78, 5) is 26.6. The van der Waals surface area contributed by atoms with Gasteiger partial charge in [-0.3, -0.25) is 4.79 Å². The lowest BCUT2D eigenvalue weighted by molar-refractivity contribution is 0.0938. The number of rotatable bonds is 7. The Balaban J connectivity index is 1.58. The number of nitrogens with one attached hydrogen (secondary N) is 2. The molecular formula is C23H27N3O2. The van der Waals surface area contributed by atoms with Crippen LogP contribution in [0.4, 0.5) is 10.5 Å². The van der Waals surface area contributed by atoms with Crippen molar-refractivity contribution >= 4 is 17.6 Å². The van der Waals surface area contributed by atoms with E-state index in [1.54, 1.807) is 35.2 Å². The number of nitrogens with zero attached hydrogens (tertiary/aromatic N) is 1. The zero-order chi connectivity index (χ0) is 19.8. The molecule has 0 aromatic heterocycles. The average molecular weight is 377 g/mol. The number of hydrogen-bond donors (Lipinski definition) is 2. The molecule has 0 spiro atoms. The summed E-state index contributed by atoms with van der Waals surface area (Å²) in [5.41, 5.74) is 2.32. The van der Waals surface area contributed by atoms with Gasteiger partial charge in [-0.05, 0) is 42.7 Å². The summed E-state index contributed by atoms with van der Waals surface area (Å²) in [6.07, 6.45) is 6.18. The molecule has 0 saturated heterocycles. The van der Waals surface area contributed by atoms with E-state index in [9.17, 15) is 9.59 Å². The summed E-state index contributed by atoms with van der Waals surface area (Å²) < 4.78 is 0. The molecule has 1 aliphatic rings. The third-order valence-corrected chi connectivity index (χ3v) is 4.94. The Kier molecular flexibility index (Phi) is 6.84. The first-order valence-electron chi connectivity index (χ1n) is 9.77. The fourth-order valence-electron chi connectivity index (χ4n) is 3.43. The van der Waals surface area contributed by atoms with E-state index >= 15 is 0 Å². The van der Waals surface area contributed by atoms with Gasteiger partial charge in [0.15, 0.2) is 0 Å². The maximum Gasteiger partial charge on any atom is 0.322 e. The number of amides is 3. The van der Waals surface area contributed by atoms with Gasteiger partial charge in [0.2, 0.25) is 0 Å². The van der Waals surface area contributed by atoms with E-state index in [1.165, 1.54) is 12.8 Å². The lowest BCUT2D eigenvalue weighted by atomic mass is 10.1. The molecule has 5 nitrogen and oxygen atoms in total. The van der Waals surface area contributed by atoms with Gasteiger partial charge in [0.1, 0.15) is 0 Å². The van der Waals surface area contributed by atoms with E-state index in [0.29, 0.717) is 24.3 Å². The second kappa shape index (κ2) is 9.74. The summed E-state index contributed by atoms with van der Waals surface area (Å²) in [5, 5.41) is 5.97. The molecule has 0 atom stereocenters. The minimum absolute atomic E-state index is 0.0536. The molecule has 2 aromatic rings. The first-order chi connectivity index (χ1) is 13.7. The first-order valence-corrected chi connectivity index (χ1v) is 9.77. The van der Waals surface area contributed by atoms with E-state index < -0.39 is 0 Å². The van der Waals surface area contributed by atoms with E-state index in [-0.39, 0.29) is 18.0 Å². The summed E-state index contributed by atoms with van der Waals surface area (Å²) in [6.45, 7) is 4.69. The third-order valence-electron chi connectivity index (χ3n) is 4.94. The Morgan fingerprint density at radius 1 is 1.04 bits per heavy atom. The van der Waals surface area contributed by atoms with Gasteiger partial charge in [-0.1, -0.05) is 49.2 Å². The van der Waals surface area contributed by atoms with Crippen LogP contribution in [0.5, 0.6) is 0 Å². The molecule has 2 N–H and O–H groups in total. The Bertz CT molecular complexity index is 796. The van der Waals surface area contributed by atoms with Gasteiger partial charge in [-0.25, -0.2) is 4.79 Å². The molecule has 2 aromatic carbocycles. The Hall–Kier alpha value is -3.08. The van der Waals surface area contributed by atoms with Gasteiger partial charge in [0, 0.05) is 30.4 Å². The molecule has 0 aliphatic heterocycles. The number of carbonyl (C=O) groups is 2. The number of carbonyl (C=O) groups excluding carboxylic acids is 2. The van der Waals surface area contributed by atoms with Crippen LogP contribution < -0.4 is 10.6 Å². The maximum absolute atomic E-state index is 12.6. The second-order valence-corrected chi connectivity index (χ2v) is 7.12. The van der Waals surface area contributed by atoms with Gasteiger partial charge in [-0.2, -0.15) is 0 Å². The van der Waals surface area contributed by atoms with E-state index in [1.807, 2.05) is 30.3 Å². The van der Waals surface area contributed by atoms with Crippen LogP contribution in [0.15, 0.2) is 67.3 Å². The van der Waals surface area contributed by atoms with Gasteiger partial charge in [0.05, 0.1) is 0 Å². The summed E-state index contributed by atoms with van der Waals surface area (Å²) in [5.74, 6) is -0.0536. The number of benzene rings is 2. The van der Waals surface area contributed by atoms with Gasteiger partial charge in [-0.15, -0.1) is 6.58 Å². The lowest BCUT2D eigenvalue weighted by Gasteiger charge is -2.22. The predicted octanol–water partition coefficient (Wildman–Crippen LogP) is 4.58. The van der Waals surface area contributed by atoms with Crippen LogP contribution in [0.1, 0.15) is 41.6 Å². The zero-order valence-electron chi connectivity index (χ0n) is 16.1. The molecule has 1 saturated carbocycles. The quantitative estimate of drug-likeness (QED) is 0.694. The van der Waals surface area contributed by atoms with E-state index in [0.717, 1.165) is 18.4 Å². The fraction of sp³-hybridized carbons (Fsp3) is 0.304. The highest BCUT2D eigenvalue weighted by atomic mass is 16.2. The van der Waals surface area contributed by atoms with Crippen molar-refractivity contribution in [1.29, 1.82) is 0 Å². The molecule has 0 unspecified atom stereocenters. The zero-order valence-corrected chi connectivity index (χ0v) is 16.1. The number of hydrogen-bond acceptors (Lipinski definition) is 2. The molecule has 3 rings (SSSR count). The molecule has 1 aliphatic carbocycles. The lowest BCUT2D eigenvalue weighted by Crippen LogP contribution is -2.34. The van der Waals surface area contributed by atoms with Crippen molar-refractivity contribution in [2.45, 2.75) is 38.3 Å². The van der Waals surface area contributed by atoms with Crippen LogP contribution >= 0.6 is 0 Å². The van der Waals surface area contributed by atoms with Gasteiger partial charge >= 0.3 is 6.03 Å². The Labute approximate surface area is 166 Å². The van der Waals surface area contributed by atoms with Crippen molar-refractivity contribution < 1.29 is 9.59 Å². The molecule has 5 heteroatoms. The van der Waals surface area contributed by atoms with Crippen LogP contribution in [0.3, 0.4) is 0 Å². The highest BCUT2D eigenvalue weighted by molar-refractivity contribution is 5.95. The smallest absolute Gasteiger partial charge is 0.322 e. The minimum Gasteiger partial charge on any atom is -0.349 e. The largest absolute Gasteiger partial charge is 0.349 e. The first kappa shape index (κ1) is 19.7. The summed E-state index contributed by atoms with van der Waals surface area (Å²) >= 11 is 0. The van der Waals surface area contributed by atoms with E-state index in [4.69, 9.17) is 0 Å². The Morgan fingerprint density at radius 2 is 1.71 bits per heavy atom. The van der Waals surface area contributed by atoms with Gasteiger partial charge < -0.3 is 15.5 Å². The topological polar surface area (TPSA) is 61.4 Å². The molecule has 3 amide bonds. The number of anilines is 1. The molecule has 0 radical (unpaired) electrons. The predicted molar refractivity (Wildman–Crippen MR) is 112 cm³/mol. The standard InChI is InChI=1S/C23H27N3O2/c1-2-16-26(17-18-8-4-3-5-9-18)23(28)25-21-14-12-19(13-15-21)22(27)24-20-10-6-7-11-20/h2-5,8-9,12-15,20H,1,6-7,10-11,16-17H2,(H,24,27)(H,25,28). The van der Waals surface area contributed by atoms with Crippen molar-refractivity contribution in [3.05, 3.63) is 78.4 Å². The van der Waals surface area contributed by atoms with Crippen molar-refractivity contribution in [2.24, 2.45) is 0 Å². The van der Waals surface area contributed by atoms with E-state index in [2.05, 4.69) is 17.2 Å².